The van der Waals surface area contributed by atoms with Crippen LogP contribution >= 0.6 is 27.5 Å². The van der Waals surface area contributed by atoms with Gasteiger partial charge in [0, 0.05) is 9.38 Å². The number of halogens is 3. The first-order valence-electron chi connectivity index (χ1n) is 2.85. The van der Waals surface area contributed by atoms with E-state index in [1.807, 2.05) is 0 Å². The standard InChI is InChI=1S/C6H2BrClFN3/c7-3-1-2-4(9)6(5(3)8)11-12-10/h1-2H. The average Bonchev–Trinajstić information content (AvgIpc) is 2.06. The second-order valence-corrected chi connectivity index (χ2v) is 3.11. The van der Waals surface area contributed by atoms with Crippen molar-refractivity contribution in [2.24, 2.45) is 5.11 Å². The first kappa shape index (κ1) is 9.32. The zero-order chi connectivity index (χ0) is 9.14. The van der Waals surface area contributed by atoms with Crippen LogP contribution in [0.25, 0.3) is 10.4 Å². The summed E-state index contributed by atoms with van der Waals surface area (Å²) in [5.41, 5.74) is 7.89. The highest BCUT2D eigenvalue weighted by Gasteiger charge is 2.07. The van der Waals surface area contributed by atoms with Crippen LogP contribution in [0, 0.1) is 5.82 Å². The highest BCUT2D eigenvalue weighted by Crippen LogP contribution is 2.34. The van der Waals surface area contributed by atoms with Crippen LogP contribution in [0.5, 0.6) is 0 Å². The van der Waals surface area contributed by atoms with Gasteiger partial charge < -0.3 is 0 Å². The molecule has 12 heavy (non-hydrogen) atoms. The lowest BCUT2D eigenvalue weighted by Gasteiger charge is -1.99. The minimum atomic E-state index is -0.638. The third-order valence-corrected chi connectivity index (χ3v) is 2.44. The Morgan fingerprint density at radius 1 is 1.58 bits per heavy atom. The fraction of sp³-hybridized carbons (Fsp3) is 0. The van der Waals surface area contributed by atoms with Crippen molar-refractivity contribution in [2.75, 3.05) is 0 Å². The van der Waals surface area contributed by atoms with E-state index < -0.39 is 5.82 Å². The van der Waals surface area contributed by atoms with E-state index in [9.17, 15) is 4.39 Å². The summed E-state index contributed by atoms with van der Waals surface area (Å²) >= 11 is 8.69. The highest BCUT2D eigenvalue weighted by molar-refractivity contribution is 9.10. The minimum absolute atomic E-state index is 0.0767. The molecule has 0 saturated heterocycles. The topological polar surface area (TPSA) is 48.8 Å². The van der Waals surface area contributed by atoms with Crippen LogP contribution in [0.4, 0.5) is 10.1 Å². The van der Waals surface area contributed by atoms with E-state index in [1.165, 1.54) is 12.1 Å². The number of hydrogen-bond donors (Lipinski definition) is 0. The van der Waals surface area contributed by atoms with E-state index >= 15 is 0 Å². The molecule has 0 bridgehead atoms. The molecule has 1 aromatic rings. The highest BCUT2D eigenvalue weighted by atomic mass is 79.9. The maximum Gasteiger partial charge on any atom is 0.134 e. The summed E-state index contributed by atoms with van der Waals surface area (Å²) in [4.78, 5) is 2.45. The van der Waals surface area contributed by atoms with Gasteiger partial charge in [-0.1, -0.05) is 16.7 Å². The Labute approximate surface area is 80.9 Å². The zero-order valence-corrected chi connectivity index (χ0v) is 7.97. The monoisotopic (exact) mass is 249 g/mol. The molecule has 0 spiro atoms. The molecule has 0 N–H and O–H groups in total. The van der Waals surface area contributed by atoms with Crippen LogP contribution in [-0.2, 0) is 0 Å². The molecule has 0 atom stereocenters. The number of hydrogen-bond acceptors (Lipinski definition) is 1. The lowest BCUT2D eigenvalue weighted by Crippen LogP contribution is -1.77. The predicted octanol–water partition coefficient (Wildman–Crippen LogP) is 4.18. The Morgan fingerprint density at radius 2 is 2.25 bits per heavy atom. The van der Waals surface area contributed by atoms with Crippen LogP contribution in [0.15, 0.2) is 21.7 Å². The third kappa shape index (κ3) is 1.69. The number of nitrogens with zero attached hydrogens (tertiary/aromatic N) is 3. The predicted molar refractivity (Wildman–Crippen MR) is 47.9 cm³/mol. The molecule has 62 valence electrons. The molecule has 0 aromatic heterocycles. The van der Waals surface area contributed by atoms with Gasteiger partial charge in [0.05, 0.1) is 10.7 Å². The molecule has 0 fully saturated rings. The van der Waals surface area contributed by atoms with Crippen molar-refractivity contribution in [3.05, 3.63) is 37.9 Å². The maximum atomic E-state index is 12.8. The Morgan fingerprint density at radius 3 is 2.83 bits per heavy atom. The summed E-state index contributed by atoms with van der Waals surface area (Å²) in [6.07, 6.45) is 0. The van der Waals surface area contributed by atoms with Gasteiger partial charge in [0.1, 0.15) is 5.82 Å². The molecule has 1 aromatic carbocycles. The number of rotatable bonds is 1. The fourth-order valence-electron chi connectivity index (χ4n) is 0.653. The minimum Gasteiger partial charge on any atom is -0.206 e. The van der Waals surface area contributed by atoms with E-state index in [4.69, 9.17) is 17.1 Å². The lowest BCUT2D eigenvalue weighted by molar-refractivity contribution is 0.629. The van der Waals surface area contributed by atoms with Crippen LogP contribution in [-0.4, -0.2) is 0 Å². The second kappa shape index (κ2) is 3.76. The molecule has 1 rings (SSSR count). The SMILES string of the molecule is [N-]=[N+]=Nc1c(F)ccc(Br)c1Cl. The smallest absolute Gasteiger partial charge is 0.134 e. The van der Waals surface area contributed by atoms with E-state index in [0.29, 0.717) is 4.47 Å². The van der Waals surface area contributed by atoms with Crippen LogP contribution in [0.2, 0.25) is 5.02 Å². The molecule has 0 aliphatic rings. The molecule has 6 heteroatoms. The fourth-order valence-corrected chi connectivity index (χ4v) is 1.16. The van der Waals surface area contributed by atoms with E-state index in [0.717, 1.165) is 0 Å². The Hall–Kier alpha value is -0.770. The number of azide groups is 1. The van der Waals surface area contributed by atoms with Crippen molar-refractivity contribution < 1.29 is 4.39 Å². The number of benzene rings is 1. The first-order valence-corrected chi connectivity index (χ1v) is 4.02. The van der Waals surface area contributed by atoms with Gasteiger partial charge in [-0.3, -0.25) is 0 Å². The zero-order valence-electron chi connectivity index (χ0n) is 5.63. The average molecular weight is 250 g/mol. The molecular formula is C6H2BrClFN3. The Bertz CT molecular complexity index is 362. The van der Waals surface area contributed by atoms with Gasteiger partial charge in [0.25, 0.3) is 0 Å². The largest absolute Gasteiger partial charge is 0.206 e. The van der Waals surface area contributed by atoms with E-state index in [2.05, 4.69) is 26.0 Å². The summed E-state index contributed by atoms with van der Waals surface area (Å²) in [5, 5.41) is 3.19. The Kier molecular flexibility index (Phi) is 2.92. The van der Waals surface area contributed by atoms with Gasteiger partial charge in [-0.15, -0.1) is 0 Å². The molecule has 0 heterocycles. The summed E-state index contributed by atoms with van der Waals surface area (Å²) in [6, 6.07) is 2.61. The lowest BCUT2D eigenvalue weighted by atomic mass is 10.3. The molecule has 0 aliphatic heterocycles. The summed E-state index contributed by atoms with van der Waals surface area (Å²) in [5.74, 6) is -0.638. The van der Waals surface area contributed by atoms with Gasteiger partial charge in [0.15, 0.2) is 0 Å². The van der Waals surface area contributed by atoms with Gasteiger partial charge in [-0.2, -0.15) is 0 Å². The summed E-state index contributed by atoms with van der Waals surface area (Å²) in [7, 11) is 0. The maximum absolute atomic E-state index is 12.8. The van der Waals surface area contributed by atoms with Crippen LogP contribution in [0.3, 0.4) is 0 Å². The second-order valence-electron chi connectivity index (χ2n) is 1.88. The molecular weight excluding hydrogens is 248 g/mol. The molecule has 0 saturated carbocycles. The van der Waals surface area contributed by atoms with Crippen molar-refractivity contribution >= 4 is 33.2 Å². The van der Waals surface area contributed by atoms with Crippen LogP contribution in [0.1, 0.15) is 0 Å². The van der Waals surface area contributed by atoms with Crippen molar-refractivity contribution in [3.8, 4) is 0 Å². The quantitative estimate of drug-likeness (QED) is 0.311. The van der Waals surface area contributed by atoms with Crippen molar-refractivity contribution in [1.82, 2.24) is 0 Å². The van der Waals surface area contributed by atoms with Crippen molar-refractivity contribution in [2.45, 2.75) is 0 Å². The van der Waals surface area contributed by atoms with Crippen LogP contribution < -0.4 is 0 Å². The third-order valence-electron chi connectivity index (χ3n) is 1.16. The molecule has 0 aliphatic carbocycles. The van der Waals surface area contributed by atoms with Gasteiger partial charge in [-0.05, 0) is 33.6 Å². The van der Waals surface area contributed by atoms with Gasteiger partial charge in [0.2, 0.25) is 0 Å². The molecule has 0 radical (unpaired) electrons. The summed E-state index contributed by atoms with van der Waals surface area (Å²) < 4.78 is 13.3. The van der Waals surface area contributed by atoms with Crippen molar-refractivity contribution in [3.63, 3.8) is 0 Å². The normalized spacial score (nSPS) is 9.25. The summed E-state index contributed by atoms with van der Waals surface area (Å²) in [6.45, 7) is 0. The van der Waals surface area contributed by atoms with Gasteiger partial charge in [-0.25, -0.2) is 4.39 Å². The first-order chi connectivity index (χ1) is 5.66. The van der Waals surface area contributed by atoms with Gasteiger partial charge >= 0.3 is 0 Å². The van der Waals surface area contributed by atoms with E-state index in [-0.39, 0.29) is 10.7 Å². The molecule has 3 nitrogen and oxygen atoms in total. The van der Waals surface area contributed by atoms with Crippen molar-refractivity contribution in [1.29, 1.82) is 0 Å². The Balaban J connectivity index is 3.42. The molecule has 0 amide bonds. The molecule has 0 unspecified atom stereocenters. The van der Waals surface area contributed by atoms with E-state index in [1.54, 1.807) is 0 Å².